The van der Waals surface area contributed by atoms with Gasteiger partial charge in [-0.25, -0.2) is 0 Å². The van der Waals surface area contributed by atoms with Gasteiger partial charge < -0.3 is 14.8 Å². The highest BCUT2D eigenvalue weighted by Crippen LogP contribution is 2.14. The third-order valence-electron chi connectivity index (χ3n) is 2.48. The Morgan fingerprint density at radius 3 is 1.85 bits per heavy atom. The first-order chi connectivity index (χ1) is 9.56. The van der Waals surface area contributed by atoms with Gasteiger partial charge in [-0.1, -0.05) is 27.2 Å². The molecule has 120 valence electrons. The van der Waals surface area contributed by atoms with Crippen molar-refractivity contribution in [3.8, 4) is 0 Å². The van der Waals surface area contributed by atoms with Crippen LogP contribution in [0.1, 0.15) is 53.9 Å². The molecule has 0 amide bonds. The monoisotopic (exact) mass is 289 g/mol. The molecule has 0 spiro atoms. The molecule has 0 aliphatic rings. The molecule has 1 unspecified atom stereocenters. The van der Waals surface area contributed by atoms with Crippen molar-refractivity contribution < 1.29 is 19.1 Å². The van der Waals surface area contributed by atoms with Crippen molar-refractivity contribution in [2.45, 2.75) is 53.9 Å². The minimum absolute atomic E-state index is 0.126. The maximum Gasteiger partial charge on any atom is 0.309 e. The molecule has 0 aromatic rings. The zero-order valence-corrected chi connectivity index (χ0v) is 13.7. The summed E-state index contributed by atoms with van der Waals surface area (Å²) >= 11 is 0. The van der Waals surface area contributed by atoms with Gasteiger partial charge in [-0.05, 0) is 33.4 Å². The highest BCUT2D eigenvalue weighted by atomic mass is 16.5. The van der Waals surface area contributed by atoms with Gasteiger partial charge in [0.05, 0.1) is 25.6 Å². The van der Waals surface area contributed by atoms with Crippen LogP contribution in [-0.4, -0.2) is 38.2 Å². The molecule has 5 nitrogen and oxygen atoms in total. The molecule has 0 saturated carbocycles. The predicted molar refractivity (Wildman–Crippen MR) is 80.5 cm³/mol. The quantitative estimate of drug-likeness (QED) is 0.661. The lowest BCUT2D eigenvalue weighted by Crippen LogP contribution is -2.22. The molecule has 5 heteroatoms. The summed E-state index contributed by atoms with van der Waals surface area (Å²) in [4.78, 5) is 22.6. The Hall–Kier alpha value is -1.10. The van der Waals surface area contributed by atoms with Crippen LogP contribution in [0.5, 0.6) is 0 Å². The molecule has 0 aromatic heterocycles. The van der Waals surface area contributed by atoms with Crippen LogP contribution in [0.25, 0.3) is 0 Å². The maximum absolute atomic E-state index is 11.4. The normalized spacial score (nSPS) is 11.1. The molecule has 0 fully saturated rings. The van der Waals surface area contributed by atoms with Crippen LogP contribution in [0.3, 0.4) is 0 Å². The molecule has 0 rings (SSSR count). The van der Waals surface area contributed by atoms with E-state index in [1.54, 1.807) is 13.8 Å². The largest absolute Gasteiger partial charge is 0.466 e. The maximum atomic E-state index is 11.4. The number of ether oxygens (including phenoxy) is 2. The number of esters is 2. The van der Waals surface area contributed by atoms with E-state index in [1.807, 2.05) is 6.92 Å². The highest BCUT2D eigenvalue weighted by Gasteiger charge is 2.22. The molecule has 0 radical (unpaired) electrons. The first-order valence-corrected chi connectivity index (χ1v) is 7.60. The summed E-state index contributed by atoms with van der Waals surface area (Å²) in [5.74, 6) is -0.981. The van der Waals surface area contributed by atoms with Gasteiger partial charge in [-0.3, -0.25) is 9.59 Å². The fraction of sp³-hybridized carbons (Fsp3) is 0.867. The number of hydrogen-bond acceptors (Lipinski definition) is 5. The smallest absolute Gasteiger partial charge is 0.309 e. The van der Waals surface area contributed by atoms with E-state index >= 15 is 0 Å². The van der Waals surface area contributed by atoms with E-state index in [0.29, 0.717) is 19.6 Å². The van der Waals surface area contributed by atoms with Gasteiger partial charge in [-0.15, -0.1) is 0 Å². The molecule has 0 aliphatic heterocycles. The fourth-order valence-corrected chi connectivity index (χ4v) is 1.58. The van der Waals surface area contributed by atoms with E-state index in [-0.39, 0.29) is 24.3 Å². The van der Waals surface area contributed by atoms with Crippen LogP contribution in [0.2, 0.25) is 0 Å². The number of nitrogens with one attached hydrogen (secondary N) is 1. The SMILES string of the molecule is CCCC(CC(=O)OCC)C(=O)OCC.CCNCC. The first kappa shape index (κ1) is 21.2. The third-order valence-corrected chi connectivity index (χ3v) is 2.48. The first-order valence-electron chi connectivity index (χ1n) is 7.60. The van der Waals surface area contributed by atoms with Gasteiger partial charge in [0.1, 0.15) is 0 Å². The lowest BCUT2D eigenvalue weighted by atomic mass is 10.0. The standard InChI is InChI=1S/C11H20O4.C4H11N/c1-4-7-9(11(13)15-6-3)8-10(12)14-5-2;1-3-5-4-2/h9H,4-8H2,1-3H3;5H,3-4H2,1-2H3. The van der Waals surface area contributed by atoms with Gasteiger partial charge in [0.2, 0.25) is 0 Å². The van der Waals surface area contributed by atoms with Crippen LogP contribution in [-0.2, 0) is 19.1 Å². The van der Waals surface area contributed by atoms with Gasteiger partial charge >= 0.3 is 11.9 Å². The van der Waals surface area contributed by atoms with Crippen molar-refractivity contribution in [1.82, 2.24) is 5.32 Å². The highest BCUT2D eigenvalue weighted by molar-refractivity contribution is 5.79. The van der Waals surface area contributed by atoms with Crippen molar-refractivity contribution in [3.63, 3.8) is 0 Å². The minimum atomic E-state index is -0.353. The zero-order valence-electron chi connectivity index (χ0n) is 13.7. The van der Waals surface area contributed by atoms with E-state index in [4.69, 9.17) is 9.47 Å². The number of carbonyl (C=O) groups is 2. The van der Waals surface area contributed by atoms with Crippen LogP contribution < -0.4 is 5.32 Å². The minimum Gasteiger partial charge on any atom is -0.466 e. The molecule has 0 heterocycles. The van der Waals surface area contributed by atoms with E-state index in [2.05, 4.69) is 19.2 Å². The molecule has 0 bridgehead atoms. The second-order valence-electron chi connectivity index (χ2n) is 4.20. The van der Waals surface area contributed by atoms with E-state index in [0.717, 1.165) is 19.5 Å². The summed E-state index contributed by atoms with van der Waals surface area (Å²) in [5.41, 5.74) is 0. The third kappa shape index (κ3) is 13.3. The summed E-state index contributed by atoms with van der Waals surface area (Å²) in [6.07, 6.45) is 1.64. The molecular weight excluding hydrogens is 258 g/mol. The van der Waals surface area contributed by atoms with Crippen LogP contribution in [0, 0.1) is 5.92 Å². The van der Waals surface area contributed by atoms with Crippen LogP contribution in [0.15, 0.2) is 0 Å². The Morgan fingerprint density at radius 1 is 0.950 bits per heavy atom. The molecule has 0 aromatic carbocycles. The summed E-state index contributed by atoms with van der Waals surface area (Å²) < 4.78 is 9.69. The average molecular weight is 289 g/mol. The Balaban J connectivity index is 0. The summed E-state index contributed by atoms with van der Waals surface area (Å²) in [5, 5.41) is 3.11. The molecule has 0 saturated heterocycles. The topological polar surface area (TPSA) is 64.6 Å². The lowest BCUT2D eigenvalue weighted by molar-refractivity contribution is -0.155. The van der Waals surface area contributed by atoms with Crippen molar-refractivity contribution in [3.05, 3.63) is 0 Å². The van der Waals surface area contributed by atoms with E-state index in [9.17, 15) is 9.59 Å². The second kappa shape index (κ2) is 16.0. The molecular formula is C15H31NO4. The van der Waals surface area contributed by atoms with E-state index in [1.165, 1.54) is 0 Å². The van der Waals surface area contributed by atoms with Crippen molar-refractivity contribution in [1.29, 1.82) is 0 Å². The van der Waals surface area contributed by atoms with E-state index < -0.39 is 0 Å². The summed E-state index contributed by atoms with van der Waals surface area (Å²) in [6.45, 7) is 12.6. The summed E-state index contributed by atoms with van der Waals surface area (Å²) in [6, 6.07) is 0. The Kier molecular flexibility index (Phi) is 16.9. The molecule has 0 aliphatic carbocycles. The van der Waals surface area contributed by atoms with Crippen LogP contribution >= 0.6 is 0 Å². The molecule has 20 heavy (non-hydrogen) atoms. The van der Waals surface area contributed by atoms with Crippen molar-refractivity contribution in [2.75, 3.05) is 26.3 Å². The van der Waals surface area contributed by atoms with Crippen molar-refractivity contribution in [2.24, 2.45) is 5.92 Å². The Labute approximate surface area is 123 Å². The zero-order chi connectivity index (χ0) is 15.8. The number of hydrogen-bond donors (Lipinski definition) is 1. The lowest BCUT2D eigenvalue weighted by Gasteiger charge is -2.13. The number of carbonyl (C=O) groups excluding carboxylic acids is 2. The number of rotatable bonds is 9. The van der Waals surface area contributed by atoms with Crippen LogP contribution in [0.4, 0.5) is 0 Å². The molecule has 1 N–H and O–H groups in total. The average Bonchev–Trinajstić information content (AvgIpc) is 2.40. The van der Waals surface area contributed by atoms with Crippen molar-refractivity contribution >= 4 is 11.9 Å². The Bertz CT molecular complexity index is 242. The predicted octanol–water partition coefficient (Wildman–Crippen LogP) is 2.53. The fourth-order valence-electron chi connectivity index (χ4n) is 1.58. The summed E-state index contributed by atoms with van der Waals surface area (Å²) in [7, 11) is 0. The van der Waals surface area contributed by atoms with Gasteiger partial charge in [0.15, 0.2) is 0 Å². The second-order valence-corrected chi connectivity index (χ2v) is 4.20. The molecule has 1 atom stereocenters. The van der Waals surface area contributed by atoms with Gasteiger partial charge in [0.25, 0.3) is 0 Å². The Morgan fingerprint density at radius 2 is 1.50 bits per heavy atom. The van der Waals surface area contributed by atoms with Gasteiger partial charge in [-0.2, -0.15) is 0 Å². The van der Waals surface area contributed by atoms with Gasteiger partial charge in [0, 0.05) is 0 Å².